The third-order valence-corrected chi connectivity index (χ3v) is 6.40. The number of likely N-dealkylation sites (tertiary alicyclic amines) is 1. The van der Waals surface area contributed by atoms with Gasteiger partial charge in [0.1, 0.15) is 6.04 Å². The van der Waals surface area contributed by atoms with Gasteiger partial charge in [0.25, 0.3) is 0 Å². The summed E-state index contributed by atoms with van der Waals surface area (Å²) in [5.41, 5.74) is 2.75. The van der Waals surface area contributed by atoms with Gasteiger partial charge in [0.05, 0.1) is 5.92 Å². The van der Waals surface area contributed by atoms with Gasteiger partial charge in [0, 0.05) is 35.8 Å². The average molecular weight is 451 g/mol. The van der Waals surface area contributed by atoms with Crippen molar-refractivity contribution in [3.8, 4) is 11.4 Å². The molecule has 5 rings (SSSR count). The summed E-state index contributed by atoms with van der Waals surface area (Å²) in [6.45, 7) is 2.99. The Hall–Kier alpha value is -3.19. The molecule has 1 aromatic heterocycles. The molecule has 0 unspecified atom stereocenters. The molecule has 0 saturated carbocycles. The summed E-state index contributed by atoms with van der Waals surface area (Å²) in [4.78, 5) is 34.0. The van der Waals surface area contributed by atoms with E-state index in [1.807, 2.05) is 37.3 Å². The highest BCUT2D eigenvalue weighted by atomic mass is 35.5. The fourth-order valence-corrected chi connectivity index (χ4v) is 4.66. The second-order valence-electron chi connectivity index (χ2n) is 8.40. The summed E-state index contributed by atoms with van der Waals surface area (Å²) < 4.78 is 5.55. The van der Waals surface area contributed by atoms with E-state index < -0.39 is 5.92 Å². The van der Waals surface area contributed by atoms with Gasteiger partial charge in [-0.15, -0.1) is 0 Å². The van der Waals surface area contributed by atoms with Crippen LogP contribution in [0.3, 0.4) is 0 Å². The topological polar surface area (TPSA) is 79.5 Å². The molecule has 2 amide bonds. The molecule has 3 heterocycles. The number of rotatable bonds is 4. The maximum atomic E-state index is 13.4. The van der Waals surface area contributed by atoms with Crippen LogP contribution in [0.25, 0.3) is 11.4 Å². The highest BCUT2D eigenvalue weighted by Gasteiger charge is 2.42. The van der Waals surface area contributed by atoms with Gasteiger partial charge in [-0.25, -0.2) is 0 Å². The number of halogens is 1. The molecule has 2 aliphatic heterocycles. The second kappa shape index (κ2) is 8.39. The molecule has 7 nitrogen and oxygen atoms in total. The largest absolute Gasteiger partial charge is 0.337 e. The summed E-state index contributed by atoms with van der Waals surface area (Å²) in [7, 11) is 0. The highest BCUT2D eigenvalue weighted by molar-refractivity contribution is 6.31. The van der Waals surface area contributed by atoms with Crippen LogP contribution in [0.4, 0.5) is 5.69 Å². The van der Waals surface area contributed by atoms with E-state index in [-0.39, 0.29) is 24.3 Å². The maximum Gasteiger partial charge on any atom is 0.249 e. The van der Waals surface area contributed by atoms with Crippen LogP contribution in [0.2, 0.25) is 5.02 Å². The lowest BCUT2D eigenvalue weighted by molar-refractivity contribution is -0.137. The first-order valence-electron chi connectivity index (χ1n) is 10.8. The Bertz CT molecular complexity index is 1160. The van der Waals surface area contributed by atoms with Gasteiger partial charge in [-0.1, -0.05) is 52.7 Å². The summed E-state index contributed by atoms with van der Waals surface area (Å²) in [6.07, 6.45) is 1.81. The van der Waals surface area contributed by atoms with Gasteiger partial charge in [0.15, 0.2) is 0 Å². The molecule has 2 atom stereocenters. The fourth-order valence-electron chi connectivity index (χ4n) is 4.48. The Morgan fingerprint density at radius 3 is 2.78 bits per heavy atom. The second-order valence-corrected chi connectivity index (χ2v) is 8.83. The number of carbonyl (C=O) groups excluding carboxylic acids is 2. The number of aromatic nitrogens is 2. The van der Waals surface area contributed by atoms with Gasteiger partial charge < -0.3 is 14.3 Å². The van der Waals surface area contributed by atoms with E-state index in [1.54, 1.807) is 28.0 Å². The Morgan fingerprint density at radius 1 is 1.19 bits per heavy atom. The smallest absolute Gasteiger partial charge is 0.249 e. The minimum Gasteiger partial charge on any atom is -0.337 e. The predicted molar refractivity (Wildman–Crippen MR) is 120 cm³/mol. The van der Waals surface area contributed by atoms with Crippen molar-refractivity contribution in [3.05, 3.63) is 65.0 Å². The molecule has 2 aliphatic rings. The Kier molecular flexibility index (Phi) is 5.43. The zero-order valence-electron chi connectivity index (χ0n) is 17.7. The monoisotopic (exact) mass is 450 g/mol. The van der Waals surface area contributed by atoms with Gasteiger partial charge in [-0.2, -0.15) is 4.98 Å². The van der Waals surface area contributed by atoms with Crippen molar-refractivity contribution in [2.45, 2.75) is 32.2 Å². The first-order chi connectivity index (χ1) is 15.5. The number of hydrogen-bond acceptors (Lipinski definition) is 5. The number of carbonyl (C=O) groups is 2. The van der Waals surface area contributed by atoms with E-state index in [0.717, 1.165) is 29.7 Å². The molecular weight excluding hydrogens is 428 g/mol. The molecule has 32 heavy (non-hydrogen) atoms. The molecule has 2 saturated heterocycles. The van der Waals surface area contributed by atoms with Crippen molar-refractivity contribution in [2.24, 2.45) is 5.92 Å². The number of nitrogens with zero attached hydrogens (tertiary/aromatic N) is 4. The van der Waals surface area contributed by atoms with E-state index >= 15 is 0 Å². The van der Waals surface area contributed by atoms with Gasteiger partial charge >= 0.3 is 0 Å². The molecule has 164 valence electrons. The molecule has 2 aromatic carbocycles. The van der Waals surface area contributed by atoms with Crippen molar-refractivity contribution >= 4 is 29.1 Å². The Labute approximate surface area is 191 Å². The lowest BCUT2D eigenvalue weighted by atomic mass is 10.1. The minimum atomic E-state index is -0.401. The van der Waals surface area contributed by atoms with Crippen LogP contribution in [0.5, 0.6) is 0 Å². The van der Waals surface area contributed by atoms with Crippen molar-refractivity contribution in [3.63, 3.8) is 0 Å². The third kappa shape index (κ3) is 3.88. The lowest BCUT2D eigenvalue weighted by Crippen LogP contribution is -2.37. The van der Waals surface area contributed by atoms with Crippen molar-refractivity contribution in [2.75, 3.05) is 18.0 Å². The Balaban J connectivity index is 1.32. The fraction of sp³-hybridized carbons (Fsp3) is 0.333. The summed E-state index contributed by atoms with van der Waals surface area (Å²) in [6, 6.07) is 14.8. The molecule has 0 bridgehead atoms. The van der Waals surface area contributed by atoms with Gasteiger partial charge in [-0.05, 0) is 38.0 Å². The van der Waals surface area contributed by atoms with Crippen LogP contribution in [-0.2, 0) is 9.59 Å². The highest BCUT2D eigenvalue weighted by Crippen LogP contribution is 2.35. The SMILES string of the molecule is Cc1ccc(-c2noc([C@H]3CCCN3C(=O)[C@H]3CC(=O)N(c4cccc(Cl)c4)C3)n2)cc1. The molecule has 0 aliphatic carbocycles. The van der Waals surface area contributed by atoms with Crippen molar-refractivity contribution < 1.29 is 14.1 Å². The quantitative estimate of drug-likeness (QED) is 0.588. The number of aryl methyl sites for hydroxylation is 1. The van der Waals surface area contributed by atoms with Crippen LogP contribution < -0.4 is 4.90 Å². The Morgan fingerprint density at radius 2 is 2.00 bits per heavy atom. The summed E-state index contributed by atoms with van der Waals surface area (Å²) in [5.74, 6) is 0.452. The predicted octanol–water partition coefficient (Wildman–Crippen LogP) is 4.42. The number of hydrogen-bond donors (Lipinski definition) is 0. The third-order valence-electron chi connectivity index (χ3n) is 6.17. The standard InChI is InChI=1S/C24H23ClN4O3/c1-15-7-9-16(10-8-15)22-26-23(32-27-22)20-6-3-11-28(20)24(31)17-12-21(30)29(14-17)19-5-2-4-18(25)13-19/h2,4-5,7-10,13,17,20H,3,6,11-12,14H2,1H3/t17-,20+/m0/s1. The van der Waals surface area contributed by atoms with Crippen LogP contribution in [0, 0.1) is 12.8 Å². The minimum absolute atomic E-state index is 0.0412. The van der Waals surface area contributed by atoms with Crippen LogP contribution >= 0.6 is 11.6 Å². The first kappa shape index (κ1) is 20.7. The molecule has 0 radical (unpaired) electrons. The van der Waals surface area contributed by atoms with Crippen LogP contribution in [0.15, 0.2) is 53.1 Å². The number of amides is 2. The van der Waals surface area contributed by atoms with Crippen LogP contribution in [0.1, 0.15) is 36.8 Å². The zero-order chi connectivity index (χ0) is 22.2. The molecule has 0 spiro atoms. The molecule has 8 heteroatoms. The molecule has 3 aromatic rings. The average Bonchev–Trinajstić information content (AvgIpc) is 3.53. The lowest BCUT2D eigenvalue weighted by Gasteiger charge is -2.25. The number of anilines is 1. The van der Waals surface area contributed by atoms with Gasteiger partial charge in [0.2, 0.25) is 23.5 Å². The zero-order valence-corrected chi connectivity index (χ0v) is 18.5. The first-order valence-corrected chi connectivity index (χ1v) is 11.1. The molecule has 0 N–H and O–H groups in total. The van der Waals surface area contributed by atoms with E-state index in [4.69, 9.17) is 16.1 Å². The van der Waals surface area contributed by atoms with Gasteiger partial charge in [-0.3, -0.25) is 9.59 Å². The normalized spacial score (nSPS) is 20.9. The van der Waals surface area contributed by atoms with Crippen LogP contribution in [-0.4, -0.2) is 39.9 Å². The molecular formula is C24H23ClN4O3. The van der Waals surface area contributed by atoms with E-state index in [0.29, 0.717) is 29.8 Å². The van der Waals surface area contributed by atoms with Crippen molar-refractivity contribution in [1.82, 2.24) is 15.0 Å². The summed E-state index contributed by atoms with van der Waals surface area (Å²) >= 11 is 6.08. The summed E-state index contributed by atoms with van der Waals surface area (Å²) in [5, 5.41) is 4.69. The molecule has 2 fully saturated rings. The van der Waals surface area contributed by atoms with E-state index in [2.05, 4.69) is 10.1 Å². The van der Waals surface area contributed by atoms with E-state index in [1.165, 1.54) is 0 Å². The van der Waals surface area contributed by atoms with E-state index in [9.17, 15) is 9.59 Å². The van der Waals surface area contributed by atoms with Crippen molar-refractivity contribution in [1.29, 1.82) is 0 Å². The maximum absolute atomic E-state index is 13.4. The number of benzene rings is 2.